The van der Waals surface area contributed by atoms with Crippen molar-refractivity contribution in [3.05, 3.63) is 29.3 Å². The van der Waals surface area contributed by atoms with Crippen LogP contribution in [0, 0.1) is 0 Å². The highest BCUT2D eigenvalue weighted by atomic mass is 16.5. The molecule has 0 bridgehead atoms. The van der Waals surface area contributed by atoms with E-state index in [0.29, 0.717) is 0 Å². The van der Waals surface area contributed by atoms with Gasteiger partial charge < -0.3 is 10.5 Å². The summed E-state index contributed by atoms with van der Waals surface area (Å²) in [6.45, 7) is 3.95. The van der Waals surface area contributed by atoms with Gasteiger partial charge in [0.25, 0.3) is 0 Å². The van der Waals surface area contributed by atoms with E-state index in [1.807, 2.05) is 6.07 Å². The number of hydrogen-bond acceptors (Lipinski definition) is 3. The molecular weight excluding hydrogens is 188 g/mol. The van der Waals surface area contributed by atoms with E-state index in [2.05, 4.69) is 17.0 Å². The van der Waals surface area contributed by atoms with Crippen LogP contribution in [0.4, 0.5) is 0 Å². The standard InChI is InChI=1S/C12H18N2O/c1-15-12-4-3-10-8-14(6-2-5-13)9-11(10)7-12/h3-4,7H,2,5-6,8-9,13H2,1H3. The molecule has 0 saturated carbocycles. The van der Waals surface area contributed by atoms with Crippen molar-refractivity contribution >= 4 is 0 Å². The van der Waals surface area contributed by atoms with Crippen LogP contribution in [0.2, 0.25) is 0 Å². The van der Waals surface area contributed by atoms with E-state index in [-0.39, 0.29) is 0 Å². The molecule has 2 rings (SSSR count). The van der Waals surface area contributed by atoms with Crippen molar-refractivity contribution in [3.8, 4) is 5.75 Å². The summed E-state index contributed by atoms with van der Waals surface area (Å²) in [6.07, 6.45) is 1.07. The van der Waals surface area contributed by atoms with E-state index in [1.165, 1.54) is 11.1 Å². The Hall–Kier alpha value is -1.06. The largest absolute Gasteiger partial charge is 0.497 e. The Labute approximate surface area is 90.8 Å². The SMILES string of the molecule is COc1ccc2c(c1)CN(CCCN)C2. The first-order valence-electron chi connectivity index (χ1n) is 5.41. The van der Waals surface area contributed by atoms with Gasteiger partial charge in [0.2, 0.25) is 0 Å². The Kier molecular flexibility index (Phi) is 3.23. The molecular formula is C12H18N2O. The number of rotatable bonds is 4. The van der Waals surface area contributed by atoms with E-state index in [9.17, 15) is 0 Å². The molecule has 0 aliphatic carbocycles. The molecule has 3 heteroatoms. The van der Waals surface area contributed by atoms with Crippen LogP contribution in [0.1, 0.15) is 17.5 Å². The summed E-state index contributed by atoms with van der Waals surface area (Å²) in [6, 6.07) is 6.33. The van der Waals surface area contributed by atoms with Crippen LogP contribution in [0.3, 0.4) is 0 Å². The molecule has 0 unspecified atom stereocenters. The molecule has 0 atom stereocenters. The molecule has 15 heavy (non-hydrogen) atoms. The number of fused-ring (bicyclic) bond motifs is 1. The number of nitrogens with zero attached hydrogens (tertiary/aromatic N) is 1. The Morgan fingerprint density at radius 1 is 1.33 bits per heavy atom. The van der Waals surface area contributed by atoms with Gasteiger partial charge in [0.05, 0.1) is 7.11 Å². The molecule has 1 aliphatic heterocycles. The van der Waals surface area contributed by atoms with Gasteiger partial charge >= 0.3 is 0 Å². The lowest BCUT2D eigenvalue weighted by atomic mass is 10.1. The molecule has 1 aromatic carbocycles. The monoisotopic (exact) mass is 206 g/mol. The Balaban J connectivity index is 2.03. The molecule has 0 amide bonds. The predicted molar refractivity (Wildman–Crippen MR) is 60.8 cm³/mol. The maximum absolute atomic E-state index is 5.51. The third-order valence-electron chi connectivity index (χ3n) is 2.88. The van der Waals surface area contributed by atoms with Crippen LogP contribution < -0.4 is 10.5 Å². The smallest absolute Gasteiger partial charge is 0.119 e. The zero-order chi connectivity index (χ0) is 10.7. The first kappa shape index (κ1) is 10.5. The van der Waals surface area contributed by atoms with Crippen molar-refractivity contribution in [1.82, 2.24) is 4.90 Å². The molecule has 1 heterocycles. The fourth-order valence-electron chi connectivity index (χ4n) is 2.04. The molecule has 3 nitrogen and oxygen atoms in total. The van der Waals surface area contributed by atoms with E-state index < -0.39 is 0 Å². The van der Waals surface area contributed by atoms with Gasteiger partial charge in [-0.1, -0.05) is 6.07 Å². The summed E-state index contributed by atoms with van der Waals surface area (Å²) in [7, 11) is 1.71. The molecule has 2 N–H and O–H groups in total. The average molecular weight is 206 g/mol. The van der Waals surface area contributed by atoms with Crippen LogP contribution in [-0.4, -0.2) is 25.1 Å². The van der Waals surface area contributed by atoms with Crippen molar-refractivity contribution in [3.63, 3.8) is 0 Å². The zero-order valence-corrected chi connectivity index (χ0v) is 9.20. The number of methoxy groups -OCH3 is 1. The molecule has 1 aliphatic rings. The molecule has 0 radical (unpaired) electrons. The number of hydrogen-bond donors (Lipinski definition) is 1. The fraction of sp³-hybridized carbons (Fsp3) is 0.500. The maximum Gasteiger partial charge on any atom is 0.119 e. The highest BCUT2D eigenvalue weighted by Crippen LogP contribution is 2.26. The molecule has 0 aromatic heterocycles. The first-order chi connectivity index (χ1) is 7.33. The lowest BCUT2D eigenvalue weighted by Gasteiger charge is -2.13. The van der Waals surface area contributed by atoms with Crippen molar-refractivity contribution in [2.75, 3.05) is 20.2 Å². The number of nitrogens with two attached hydrogens (primary N) is 1. The number of benzene rings is 1. The second kappa shape index (κ2) is 4.64. The molecule has 0 spiro atoms. The summed E-state index contributed by atoms with van der Waals surface area (Å²) in [5.74, 6) is 0.953. The van der Waals surface area contributed by atoms with Crippen LogP contribution in [-0.2, 0) is 13.1 Å². The van der Waals surface area contributed by atoms with Crippen LogP contribution in [0.5, 0.6) is 5.75 Å². The van der Waals surface area contributed by atoms with Crippen molar-refractivity contribution in [2.24, 2.45) is 5.73 Å². The van der Waals surface area contributed by atoms with Crippen molar-refractivity contribution in [1.29, 1.82) is 0 Å². The lowest BCUT2D eigenvalue weighted by molar-refractivity contribution is 0.282. The minimum absolute atomic E-state index is 0.774. The third kappa shape index (κ3) is 2.30. The first-order valence-corrected chi connectivity index (χ1v) is 5.41. The highest BCUT2D eigenvalue weighted by molar-refractivity contribution is 5.37. The van der Waals surface area contributed by atoms with Gasteiger partial charge in [-0.15, -0.1) is 0 Å². The van der Waals surface area contributed by atoms with E-state index in [0.717, 1.165) is 38.3 Å². The fourth-order valence-corrected chi connectivity index (χ4v) is 2.04. The van der Waals surface area contributed by atoms with E-state index in [1.54, 1.807) is 7.11 Å². The second-order valence-corrected chi connectivity index (χ2v) is 3.99. The topological polar surface area (TPSA) is 38.5 Å². The summed E-state index contributed by atoms with van der Waals surface area (Å²) < 4.78 is 5.22. The van der Waals surface area contributed by atoms with E-state index >= 15 is 0 Å². The summed E-state index contributed by atoms with van der Waals surface area (Å²) in [5, 5.41) is 0. The summed E-state index contributed by atoms with van der Waals surface area (Å²) >= 11 is 0. The van der Waals surface area contributed by atoms with Crippen molar-refractivity contribution in [2.45, 2.75) is 19.5 Å². The summed E-state index contributed by atoms with van der Waals surface area (Å²) in [5.41, 5.74) is 8.33. The third-order valence-corrected chi connectivity index (χ3v) is 2.88. The molecule has 1 aromatic rings. The van der Waals surface area contributed by atoms with Gasteiger partial charge in [-0.05, 0) is 36.2 Å². The Morgan fingerprint density at radius 3 is 2.87 bits per heavy atom. The molecule has 0 fully saturated rings. The quantitative estimate of drug-likeness (QED) is 0.808. The average Bonchev–Trinajstić information content (AvgIpc) is 2.67. The molecule has 82 valence electrons. The Morgan fingerprint density at radius 2 is 2.13 bits per heavy atom. The normalized spacial score (nSPS) is 15.3. The van der Waals surface area contributed by atoms with Gasteiger partial charge in [0.15, 0.2) is 0 Å². The van der Waals surface area contributed by atoms with Gasteiger partial charge in [-0.2, -0.15) is 0 Å². The maximum atomic E-state index is 5.51. The van der Waals surface area contributed by atoms with Gasteiger partial charge in [-0.3, -0.25) is 4.90 Å². The van der Waals surface area contributed by atoms with Crippen LogP contribution in [0.15, 0.2) is 18.2 Å². The lowest BCUT2D eigenvalue weighted by Crippen LogP contribution is -2.20. The van der Waals surface area contributed by atoms with Gasteiger partial charge in [0.1, 0.15) is 5.75 Å². The minimum atomic E-state index is 0.774. The zero-order valence-electron chi connectivity index (χ0n) is 9.20. The highest BCUT2D eigenvalue weighted by Gasteiger charge is 2.18. The van der Waals surface area contributed by atoms with Crippen molar-refractivity contribution < 1.29 is 4.74 Å². The van der Waals surface area contributed by atoms with Gasteiger partial charge in [0, 0.05) is 19.6 Å². The van der Waals surface area contributed by atoms with Gasteiger partial charge in [-0.25, -0.2) is 0 Å². The van der Waals surface area contributed by atoms with Crippen LogP contribution in [0.25, 0.3) is 0 Å². The van der Waals surface area contributed by atoms with Crippen LogP contribution >= 0.6 is 0 Å². The second-order valence-electron chi connectivity index (χ2n) is 3.99. The Bertz CT molecular complexity index is 338. The summed E-state index contributed by atoms with van der Waals surface area (Å²) in [4.78, 5) is 2.43. The minimum Gasteiger partial charge on any atom is -0.497 e. The predicted octanol–water partition coefficient (Wildman–Crippen LogP) is 1.36. The molecule has 0 saturated heterocycles. The number of ether oxygens (including phenoxy) is 1. The van der Waals surface area contributed by atoms with E-state index in [4.69, 9.17) is 10.5 Å².